The molecule has 0 aliphatic carbocycles. The lowest BCUT2D eigenvalue weighted by Gasteiger charge is -2.11. The summed E-state index contributed by atoms with van der Waals surface area (Å²) in [5, 5.41) is 1.41. The fraction of sp³-hybridized carbons (Fsp3) is 0.500. The van der Waals surface area contributed by atoms with Crippen LogP contribution < -0.4 is 10.0 Å². The van der Waals surface area contributed by atoms with Crippen molar-refractivity contribution in [2.24, 2.45) is 0 Å². The minimum Gasteiger partial charge on any atom is -0.497 e. The number of hydrogen-bond acceptors (Lipinski definition) is 1. The molecule has 0 bridgehead atoms. The predicted octanol–water partition coefficient (Wildman–Crippen LogP) is 5.64. The lowest BCUT2D eigenvalue weighted by molar-refractivity contribution is 0.415. The molecule has 0 aromatic heterocycles. The Balaban J connectivity index is 2.16. The smallest absolute Gasteiger partial charge is 0.118 e. The molecule has 0 saturated carbocycles. The molecule has 1 atom stereocenters. The molecule has 0 saturated heterocycles. The molecule has 0 aliphatic rings. The van der Waals surface area contributed by atoms with Crippen LogP contribution in [0.25, 0.3) is 0 Å². The largest absolute Gasteiger partial charge is 0.497 e. The summed E-state index contributed by atoms with van der Waals surface area (Å²) in [4.78, 5) is 0. The second-order valence-corrected chi connectivity index (χ2v) is 8.89. The number of ether oxygens (including phenoxy) is 1. The van der Waals surface area contributed by atoms with Gasteiger partial charge in [0.2, 0.25) is 0 Å². The van der Waals surface area contributed by atoms with E-state index in [0.29, 0.717) is 0 Å². The van der Waals surface area contributed by atoms with Gasteiger partial charge in [-0.15, -0.1) is 6.58 Å². The summed E-state index contributed by atoms with van der Waals surface area (Å²) >= 11 is 3.84. The first-order valence-electron chi connectivity index (χ1n) is 6.96. The maximum Gasteiger partial charge on any atom is 0.118 e. The van der Waals surface area contributed by atoms with Crippen LogP contribution in [0.3, 0.4) is 0 Å². The summed E-state index contributed by atoms with van der Waals surface area (Å²) in [6.45, 7) is 3.57. The van der Waals surface area contributed by atoms with Gasteiger partial charge in [0.05, 0.1) is 7.11 Å². The minimum atomic E-state index is -0.180. The first-order chi connectivity index (χ1) is 9.27. The molecule has 1 rings (SSSR count). The van der Waals surface area contributed by atoms with Gasteiger partial charge in [0, 0.05) is 0 Å². The minimum absolute atomic E-state index is 0.180. The van der Waals surface area contributed by atoms with Crippen LogP contribution in [0.4, 0.5) is 0 Å². The summed E-state index contributed by atoms with van der Waals surface area (Å²) in [5.41, 5.74) is 0. The van der Waals surface area contributed by atoms with Crippen molar-refractivity contribution in [2.45, 2.75) is 38.5 Å². The monoisotopic (exact) mass is 342 g/mol. The molecule has 106 valence electrons. The Morgan fingerprint density at radius 2 is 1.74 bits per heavy atom. The van der Waals surface area contributed by atoms with E-state index in [4.69, 9.17) is 4.74 Å². The molecule has 1 unspecified atom stereocenters. The van der Waals surface area contributed by atoms with E-state index in [1.165, 1.54) is 43.6 Å². The van der Waals surface area contributed by atoms with E-state index in [1.54, 1.807) is 7.11 Å². The Hall–Kier alpha value is -0.330. The van der Waals surface area contributed by atoms with Crippen molar-refractivity contribution < 1.29 is 4.74 Å². The van der Waals surface area contributed by atoms with Gasteiger partial charge < -0.3 is 4.74 Å². The molecule has 1 nitrogen and oxygen atoms in total. The standard InChI is InChI=1S/C16H24BrOP/c1-3-4-5-6-7-8-9-14-19(17)16-12-10-15(18-2)11-13-16/h3,10-13H,1,4-9,14H2,2H3. The fourth-order valence-electron chi connectivity index (χ4n) is 1.94. The van der Waals surface area contributed by atoms with Gasteiger partial charge in [-0.05, 0) is 49.5 Å². The highest BCUT2D eigenvalue weighted by atomic mass is 79.9. The SMILES string of the molecule is C=CCCCCCCCP(Br)c1ccc(OC)cc1. The van der Waals surface area contributed by atoms with Crippen LogP contribution in [-0.2, 0) is 0 Å². The molecule has 0 spiro atoms. The lowest BCUT2D eigenvalue weighted by atomic mass is 10.1. The summed E-state index contributed by atoms with van der Waals surface area (Å²) in [5.74, 6) is 0.932. The van der Waals surface area contributed by atoms with E-state index >= 15 is 0 Å². The van der Waals surface area contributed by atoms with E-state index < -0.39 is 0 Å². The number of allylic oxidation sites excluding steroid dienone is 1. The lowest BCUT2D eigenvalue weighted by Crippen LogP contribution is -1.99. The third kappa shape index (κ3) is 7.13. The average molecular weight is 343 g/mol. The van der Waals surface area contributed by atoms with Crippen molar-refractivity contribution in [1.82, 2.24) is 0 Å². The van der Waals surface area contributed by atoms with E-state index in [9.17, 15) is 0 Å². The number of benzene rings is 1. The number of methoxy groups -OCH3 is 1. The fourth-order valence-corrected chi connectivity index (χ4v) is 4.64. The molecule has 0 N–H and O–H groups in total. The zero-order valence-corrected chi connectivity index (χ0v) is 14.3. The summed E-state index contributed by atoms with van der Waals surface area (Å²) in [6, 6.07) is 8.43. The maximum absolute atomic E-state index is 5.18. The molecule has 3 heteroatoms. The molecule has 0 fully saturated rings. The van der Waals surface area contributed by atoms with Crippen molar-refractivity contribution in [1.29, 1.82) is 0 Å². The van der Waals surface area contributed by atoms with Gasteiger partial charge in [-0.2, -0.15) is 0 Å². The first-order valence-corrected chi connectivity index (χ1v) is 10.5. The Morgan fingerprint density at radius 1 is 1.11 bits per heavy atom. The maximum atomic E-state index is 5.18. The van der Waals surface area contributed by atoms with Crippen LogP contribution in [0.2, 0.25) is 0 Å². The average Bonchev–Trinajstić information content (AvgIpc) is 2.46. The van der Waals surface area contributed by atoms with Gasteiger partial charge in [-0.25, -0.2) is 0 Å². The van der Waals surface area contributed by atoms with E-state index in [-0.39, 0.29) is 6.62 Å². The summed E-state index contributed by atoms with van der Waals surface area (Å²) in [6.07, 6.45) is 11.1. The second kappa shape index (κ2) is 10.5. The van der Waals surface area contributed by atoms with Crippen molar-refractivity contribution in [3.8, 4) is 5.75 Å². The second-order valence-electron chi connectivity index (χ2n) is 4.63. The van der Waals surface area contributed by atoms with Crippen LogP contribution in [-0.4, -0.2) is 13.3 Å². The van der Waals surface area contributed by atoms with Gasteiger partial charge in [0.25, 0.3) is 0 Å². The van der Waals surface area contributed by atoms with Crippen molar-refractivity contribution in [3.63, 3.8) is 0 Å². The highest BCUT2D eigenvalue weighted by Gasteiger charge is 2.06. The Kier molecular flexibility index (Phi) is 9.20. The molecule has 0 amide bonds. The van der Waals surface area contributed by atoms with Gasteiger partial charge >= 0.3 is 0 Å². The van der Waals surface area contributed by atoms with Gasteiger partial charge in [0.1, 0.15) is 5.75 Å². The van der Waals surface area contributed by atoms with Crippen LogP contribution in [0.5, 0.6) is 5.75 Å². The summed E-state index contributed by atoms with van der Waals surface area (Å²) < 4.78 is 5.18. The van der Waals surface area contributed by atoms with E-state index in [0.717, 1.165) is 12.2 Å². The van der Waals surface area contributed by atoms with Crippen LogP contribution in [0, 0.1) is 0 Å². The van der Waals surface area contributed by atoms with Crippen LogP contribution in [0.15, 0.2) is 36.9 Å². The zero-order chi connectivity index (χ0) is 13.9. The Morgan fingerprint density at radius 3 is 2.37 bits per heavy atom. The number of hydrogen-bond donors (Lipinski definition) is 0. The molecule has 1 aromatic carbocycles. The molecular weight excluding hydrogens is 319 g/mol. The number of rotatable bonds is 10. The van der Waals surface area contributed by atoms with E-state index in [2.05, 4.69) is 34.2 Å². The van der Waals surface area contributed by atoms with Crippen molar-refractivity contribution in [2.75, 3.05) is 13.3 Å². The van der Waals surface area contributed by atoms with Crippen molar-refractivity contribution >= 4 is 27.4 Å². The quantitative estimate of drug-likeness (QED) is 0.303. The Labute approximate surface area is 126 Å². The molecule has 0 radical (unpaired) electrons. The number of unbranched alkanes of at least 4 members (excludes halogenated alkanes) is 5. The third-order valence-electron chi connectivity index (χ3n) is 3.12. The van der Waals surface area contributed by atoms with Crippen LogP contribution in [0.1, 0.15) is 38.5 Å². The van der Waals surface area contributed by atoms with E-state index in [1.807, 2.05) is 18.2 Å². The molecule has 0 aliphatic heterocycles. The normalized spacial score (nSPS) is 12.1. The summed E-state index contributed by atoms with van der Waals surface area (Å²) in [7, 11) is 1.71. The third-order valence-corrected chi connectivity index (χ3v) is 6.98. The van der Waals surface area contributed by atoms with Gasteiger partial charge in [0.15, 0.2) is 0 Å². The molecule has 19 heavy (non-hydrogen) atoms. The van der Waals surface area contributed by atoms with Gasteiger partial charge in [-0.3, -0.25) is 0 Å². The van der Waals surface area contributed by atoms with Crippen LogP contribution >= 0.6 is 22.1 Å². The molecule has 1 aromatic rings. The predicted molar refractivity (Wildman–Crippen MR) is 91.2 cm³/mol. The zero-order valence-electron chi connectivity index (χ0n) is 11.8. The first kappa shape index (κ1) is 16.7. The number of halogens is 1. The molecular formula is C16H24BrOP. The van der Waals surface area contributed by atoms with Crippen molar-refractivity contribution in [3.05, 3.63) is 36.9 Å². The Bertz CT molecular complexity index is 350. The highest BCUT2D eigenvalue weighted by Crippen LogP contribution is 2.44. The topological polar surface area (TPSA) is 9.23 Å². The highest BCUT2D eigenvalue weighted by molar-refractivity contribution is 9.40. The molecule has 0 heterocycles. The van der Waals surface area contributed by atoms with Gasteiger partial charge in [-0.1, -0.05) is 53.0 Å².